The number of hydrogen-bond donors (Lipinski definition) is 0. The van der Waals surface area contributed by atoms with Gasteiger partial charge in [0.05, 0.1) is 0 Å². The Morgan fingerprint density at radius 2 is 1.07 bits per heavy atom. The molecule has 0 atom stereocenters. The molecule has 0 saturated heterocycles. The van der Waals surface area contributed by atoms with Crippen molar-refractivity contribution in [3.8, 4) is 0 Å². The van der Waals surface area contributed by atoms with Gasteiger partial charge >= 0.3 is 0 Å². The first-order chi connectivity index (χ1) is 7.15. The summed E-state index contributed by atoms with van der Waals surface area (Å²) in [5.41, 5.74) is 0. The molecule has 15 heavy (non-hydrogen) atoms. The van der Waals surface area contributed by atoms with E-state index < -0.39 is 0 Å². The normalized spacial score (nSPS) is 10.0. The second-order valence-electron chi connectivity index (χ2n) is 4.51. The van der Waals surface area contributed by atoms with E-state index in [0.717, 1.165) is 5.88 Å². The Labute approximate surface area is 102 Å². The van der Waals surface area contributed by atoms with Gasteiger partial charge in [-0.15, -0.1) is 11.6 Å². The molecule has 0 saturated carbocycles. The zero-order valence-electron chi connectivity index (χ0n) is 11.2. The van der Waals surface area contributed by atoms with E-state index in [-0.39, 0.29) is 0 Å². The molecule has 0 aliphatic carbocycles. The van der Waals surface area contributed by atoms with Gasteiger partial charge in [0.15, 0.2) is 0 Å². The molecule has 0 aliphatic heterocycles. The van der Waals surface area contributed by atoms with Crippen LogP contribution in [0.4, 0.5) is 0 Å². The van der Waals surface area contributed by atoms with Crippen LogP contribution in [-0.2, 0) is 0 Å². The van der Waals surface area contributed by atoms with E-state index in [2.05, 4.69) is 6.92 Å². The number of alkyl halides is 1. The highest BCUT2D eigenvalue weighted by molar-refractivity contribution is 6.17. The van der Waals surface area contributed by atoms with Crippen LogP contribution in [0.25, 0.3) is 0 Å². The van der Waals surface area contributed by atoms with Crippen LogP contribution < -0.4 is 0 Å². The first-order valence-corrected chi connectivity index (χ1v) is 6.85. The van der Waals surface area contributed by atoms with Crippen molar-refractivity contribution in [2.24, 2.45) is 0 Å². The number of nitrogens with zero attached hydrogens (tertiary/aromatic N) is 1. The number of rotatable bonds is 8. The van der Waals surface area contributed by atoms with Crippen LogP contribution in [-0.4, -0.2) is 31.9 Å². The van der Waals surface area contributed by atoms with Gasteiger partial charge < -0.3 is 4.90 Å². The Hall–Kier alpha value is 0.250. The van der Waals surface area contributed by atoms with E-state index in [9.17, 15) is 0 Å². The van der Waals surface area contributed by atoms with Crippen molar-refractivity contribution in [2.75, 3.05) is 27.0 Å². The van der Waals surface area contributed by atoms with Crippen molar-refractivity contribution in [1.29, 1.82) is 0 Å². The number of unbranched alkanes of at least 4 members (excludes halogenated alkanes) is 7. The molecule has 0 unspecified atom stereocenters. The molecule has 0 amide bonds. The Balaban J connectivity index is 0. The van der Waals surface area contributed by atoms with Gasteiger partial charge in [0.1, 0.15) is 0 Å². The van der Waals surface area contributed by atoms with E-state index in [0.29, 0.717) is 0 Å². The molecule has 0 heterocycles. The molecule has 2 heteroatoms. The minimum atomic E-state index is 0.842. The highest BCUT2D eigenvalue weighted by atomic mass is 35.5. The minimum absolute atomic E-state index is 0.842. The quantitative estimate of drug-likeness (QED) is 0.441. The average molecular weight is 236 g/mol. The fourth-order valence-electron chi connectivity index (χ4n) is 1.23. The van der Waals surface area contributed by atoms with E-state index in [1.54, 1.807) is 0 Å². The van der Waals surface area contributed by atoms with Gasteiger partial charge in [0, 0.05) is 5.88 Å². The Morgan fingerprint density at radius 1 is 0.733 bits per heavy atom. The third-order valence-corrected chi connectivity index (χ3v) is 2.25. The van der Waals surface area contributed by atoms with Gasteiger partial charge in [0.2, 0.25) is 0 Å². The summed E-state index contributed by atoms with van der Waals surface area (Å²) in [7, 11) is 6.00. The van der Waals surface area contributed by atoms with Crippen molar-refractivity contribution in [2.45, 2.75) is 58.3 Å². The van der Waals surface area contributed by atoms with E-state index in [1.165, 1.54) is 51.4 Å². The zero-order chi connectivity index (χ0) is 11.9. The summed E-state index contributed by atoms with van der Waals surface area (Å²) >= 11 is 5.56. The summed E-state index contributed by atoms with van der Waals surface area (Å²) in [5.74, 6) is 0.842. The monoisotopic (exact) mass is 235 g/mol. The van der Waals surface area contributed by atoms with Crippen molar-refractivity contribution < 1.29 is 0 Å². The molecule has 0 N–H and O–H groups in total. The van der Waals surface area contributed by atoms with Gasteiger partial charge in [-0.3, -0.25) is 0 Å². The van der Waals surface area contributed by atoms with Gasteiger partial charge in [-0.1, -0.05) is 51.9 Å². The van der Waals surface area contributed by atoms with E-state index in [4.69, 9.17) is 11.6 Å². The molecular formula is C13H30ClN. The summed E-state index contributed by atoms with van der Waals surface area (Å²) < 4.78 is 0. The molecule has 0 radical (unpaired) electrons. The second-order valence-corrected chi connectivity index (χ2v) is 4.88. The van der Waals surface area contributed by atoms with Crippen molar-refractivity contribution in [1.82, 2.24) is 4.90 Å². The molecule has 0 aromatic rings. The molecular weight excluding hydrogens is 206 g/mol. The molecule has 0 rings (SSSR count). The lowest BCUT2D eigenvalue weighted by atomic mass is 10.1. The lowest BCUT2D eigenvalue weighted by molar-refractivity contribution is 0.505. The summed E-state index contributed by atoms with van der Waals surface area (Å²) in [6.45, 7) is 2.26. The van der Waals surface area contributed by atoms with Gasteiger partial charge in [-0.05, 0) is 27.6 Å². The van der Waals surface area contributed by atoms with Gasteiger partial charge in [-0.2, -0.15) is 0 Å². The summed E-state index contributed by atoms with van der Waals surface area (Å²) in [5, 5.41) is 0. The summed E-state index contributed by atoms with van der Waals surface area (Å²) in [4.78, 5) is 2.00. The maximum atomic E-state index is 5.56. The standard InChI is InChI=1S/C10H21Cl.C3H9N/c1-2-3-4-5-6-7-8-9-10-11;1-4(2)3/h2-10H2,1H3;1-3H3. The second kappa shape index (κ2) is 16.7. The van der Waals surface area contributed by atoms with Crippen molar-refractivity contribution >= 4 is 11.6 Å². The highest BCUT2D eigenvalue weighted by Gasteiger charge is 1.89. The third-order valence-electron chi connectivity index (χ3n) is 1.99. The van der Waals surface area contributed by atoms with Gasteiger partial charge in [-0.25, -0.2) is 0 Å². The molecule has 0 aromatic carbocycles. The van der Waals surface area contributed by atoms with E-state index >= 15 is 0 Å². The lowest BCUT2D eigenvalue weighted by Crippen LogP contribution is -1.99. The van der Waals surface area contributed by atoms with Crippen LogP contribution in [0.3, 0.4) is 0 Å². The van der Waals surface area contributed by atoms with Gasteiger partial charge in [0.25, 0.3) is 0 Å². The van der Waals surface area contributed by atoms with Crippen LogP contribution in [0, 0.1) is 0 Å². The van der Waals surface area contributed by atoms with Crippen LogP contribution in [0.1, 0.15) is 58.3 Å². The lowest BCUT2D eigenvalue weighted by Gasteiger charge is -1.98. The maximum Gasteiger partial charge on any atom is 0.0223 e. The molecule has 0 spiro atoms. The SMILES string of the molecule is CCCCCCCCCCCl.CN(C)C. The predicted octanol–water partition coefficient (Wildman–Crippen LogP) is 4.54. The molecule has 0 bridgehead atoms. The molecule has 0 aromatic heterocycles. The fourth-order valence-corrected chi connectivity index (χ4v) is 1.42. The van der Waals surface area contributed by atoms with E-state index in [1.807, 2.05) is 26.0 Å². The summed E-state index contributed by atoms with van der Waals surface area (Å²) in [6, 6.07) is 0. The highest BCUT2D eigenvalue weighted by Crippen LogP contribution is 2.08. The largest absolute Gasteiger partial charge is 0.312 e. The number of hydrogen-bond acceptors (Lipinski definition) is 1. The fraction of sp³-hybridized carbons (Fsp3) is 1.00. The number of halogens is 1. The average Bonchev–Trinajstić information content (AvgIpc) is 2.16. The minimum Gasteiger partial charge on any atom is -0.312 e. The predicted molar refractivity (Wildman–Crippen MR) is 72.9 cm³/mol. The van der Waals surface area contributed by atoms with Crippen molar-refractivity contribution in [3.05, 3.63) is 0 Å². The van der Waals surface area contributed by atoms with Crippen LogP contribution in [0.5, 0.6) is 0 Å². The molecule has 1 nitrogen and oxygen atoms in total. The van der Waals surface area contributed by atoms with Crippen LogP contribution in [0.2, 0.25) is 0 Å². The first-order valence-electron chi connectivity index (χ1n) is 6.32. The smallest absolute Gasteiger partial charge is 0.0223 e. The maximum absolute atomic E-state index is 5.56. The molecule has 94 valence electrons. The zero-order valence-corrected chi connectivity index (χ0v) is 11.9. The summed E-state index contributed by atoms with van der Waals surface area (Å²) in [6.07, 6.45) is 10.9. The topological polar surface area (TPSA) is 3.24 Å². The first kappa shape index (κ1) is 17.6. The molecule has 0 fully saturated rings. The van der Waals surface area contributed by atoms with Crippen molar-refractivity contribution in [3.63, 3.8) is 0 Å². The van der Waals surface area contributed by atoms with Crippen LogP contribution in [0.15, 0.2) is 0 Å². The third kappa shape index (κ3) is 31.4. The Bertz CT molecular complexity index is 83.8. The Morgan fingerprint density at radius 3 is 1.40 bits per heavy atom. The Kier molecular flexibility index (Phi) is 19.6. The molecule has 0 aliphatic rings. The van der Waals surface area contributed by atoms with Crippen LogP contribution >= 0.6 is 11.6 Å².